The van der Waals surface area contributed by atoms with Crippen LogP contribution < -0.4 is 5.73 Å². The molecule has 1 aromatic rings. The average molecular weight is 208 g/mol. The van der Waals surface area contributed by atoms with Gasteiger partial charge in [-0.15, -0.1) is 0 Å². The van der Waals surface area contributed by atoms with Crippen molar-refractivity contribution >= 4 is 6.03 Å². The van der Waals surface area contributed by atoms with Gasteiger partial charge in [-0.3, -0.25) is 0 Å². The van der Waals surface area contributed by atoms with Crippen molar-refractivity contribution < 1.29 is 4.79 Å². The zero-order chi connectivity index (χ0) is 11.7. The van der Waals surface area contributed by atoms with Crippen LogP contribution in [-0.4, -0.2) is 17.5 Å². The van der Waals surface area contributed by atoms with Crippen molar-refractivity contribution in [1.29, 1.82) is 0 Å². The third-order valence-electron chi connectivity index (χ3n) is 1.91. The van der Waals surface area contributed by atoms with Crippen molar-refractivity contribution in [3.8, 4) is 0 Å². The van der Waals surface area contributed by atoms with Gasteiger partial charge >= 0.3 is 6.03 Å². The van der Waals surface area contributed by atoms with Crippen LogP contribution in [0.15, 0.2) is 30.3 Å². The fourth-order valence-corrected chi connectivity index (χ4v) is 1.15. The second-order valence-corrected chi connectivity index (χ2v) is 2.84. The fraction of sp³-hybridized carbons (Fsp3) is 0.417. The normalized spacial score (nSPS) is 8.73. The highest BCUT2D eigenvalue weighted by Gasteiger charge is 2.06. The number of primary amides is 1. The highest BCUT2D eigenvalue weighted by Crippen LogP contribution is 2.03. The zero-order valence-electron chi connectivity index (χ0n) is 9.73. The monoisotopic (exact) mass is 208 g/mol. The van der Waals surface area contributed by atoms with Crippen LogP contribution in [0.4, 0.5) is 4.79 Å². The number of benzene rings is 1. The first-order valence-electron chi connectivity index (χ1n) is 5.32. The molecule has 0 aliphatic carbocycles. The van der Waals surface area contributed by atoms with Crippen LogP contribution in [0.25, 0.3) is 0 Å². The first-order valence-corrected chi connectivity index (χ1v) is 5.32. The largest absolute Gasteiger partial charge is 0.351 e. The third-order valence-corrected chi connectivity index (χ3v) is 1.91. The van der Waals surface area contributed by atoms with Gasteiger partial charge in [0.1, 0.15) is 0 Å². The van der Waals surface area contributed by atoms with Crippen LogP contribution >= 0.6 is 0 Å². The Labute approximate surface area is 91.9 Å². The summed E-state index contributed by atoms with van der Waals surface area (Å²) in [5.41, 5.74) is 6.28. The summed E-state index contributed by atoms with van der Waals surface area (Å²) in [6.07, 6.45) is 0. The highest BCUT2D eigenvalue weighted by molar-refractivity contribution is 5.71. The molecule has 0 fully saturated rings. The Morgan fingerprint density at radius 3 is 2.20 bits per heavy atom. The second kappa shape index (κ2) is 7.85. The van der Waals surface area contributed by atoms with Gasteiger partial charge in [-0.2, -0.15) is 0 Å². The number of amides is 2. The van der Waals surface area contributed by atoms with Crippen LogP contribution in [-0.2, 0) is 6.54 Å². The standard InChI is InChI=1S/C10H14N2O.C2H6/c1-2-12(10(11)13)8-9-6-4-3-5-7-9;1-2/h3-7H,2,8H2,1H3,(H2,11,13);1-2H3. The topological polar surface area (TPSA) is 46.3 Å². The highest BCUT2D eigenvalue weighted by atomic mass is 16.2. The molecular weight excluding hydrogens is 188 g/mol. The van der Waals surface area contributed by atoms with Gasteiger partial charge in [0.05, 0.1) is 0 Å². The molecule has 15 heavy (non-hydrogen) atoms. The van der Waals surface area contributed by atoms with E-state index in [1.54, 1.807) is 4.90 Å². The molecule has 0 unspecified atom stereocenters. The Balaban J connectivity index is 0.000000921. The van der Waals surface area contributed by atoms with E-state index < -0.39 is 0 Å². The Morgan fingerprint density at radius 2 is 1.80 bits per heavy atom. The molecule has 0 heterocycles. The first kappa shape index (κ1) is 13.5. The van der Waals surface area contributed by atoms with E-state index in [2.05, 4.69) is 0 Å². The van der Waals surface area contributed by atoms with E-state index in [0.717, 1.165) is 5.56 Å². The summed E-state index contributed by atoms with van der Waals surface area (Å²) in [6, 6.07) is 9.43. The molecule has 0 radical (unpaired) electrons. The Hall–Kier alpha value is -1.51. The molecule has 3 nitrogen and oxygen atoms in total. The summed E-state index contributed by atoms with van der Waals surface area (Å²) in [4.78, 5) is 12.5. The lowest BCUT2D eigenvalue weighted by atomic mass is 10.2. The minimum Gasteiger partial charge on any atom is -0.351 e. The maximum Gasteiger partial charge on any atom is 0.315 e. The minimum absolute atomic E-state index is 0.369. The van der Waals surface area contributed by atoms with Crippen molar-refractivity contribution in [3.05, 3.63) is 35.9 Å². The fourth-order valence-electron chi connectivity index (χ4n) is 1.15. The molecule has 0 spiro atoms. The zero-order valence-corrected chi connectivity index (χ0v) is 9.73. The molecule has 1 aromatic carbocycles. The van der Waals surface area contributed by atoms with E-state index in [4.69, 9.17) is 5.73 Å². The van der Waals surface area contributed by atoms with Crippen LogP contribution in [0.3, 0.4) is 0 Å². The Kier molecular flexibility index (Phi) is 7.06. The number of nitrogens with zero attached hydrogens (tertiary/aromatic N) is 1. The van der Waals surface area contributed by atoms with E-state index in [9.17, 15) is 4.79 Å². The number of rotatable bonds is 3. The third kappa shape index (κ3) is 5.05. The van der Waals surface area contributed by atoms with E-state index in [-0.39, 0.29) is 6.03 Å². The summed E-state index contributed by atoms with van der Waals surface area (Å²) in [6.45, 7) is 7.14. The molecular formula is C12H20N2O. The molecule has 0 bridgehead atoms. The number of hydrogen-bond donors (Lipinski definition) is 1. The van der Waals surface area contributed by atoms with Crippen LogP contribution in [0.2, 0.25) is 0 Å². The van der Waals surface area contributed by atoms with Crippen LogP contribution in [0.1, 0.15) is 26.3 Å². The second-order valence-electron chi connectivity index (χ2n) is 2.84. The van der Waals surface area contributed by atoms with Crippen molar-refractivity contribution in [3.63, 3.8) is 0 Å². The smallest absolute Gasteiger partial charge is 0.315 e. The van der Waals surface area contributed by atoms with Gasteiger partial charge in [0.25, 0.3) is 0 Å². The van der Waals surface area contributed by atoms with E-state index in [1.165, 1.54) is 0 Å². The number of carbonyl (C=O) groups excluding carboxylic acids is 1. The van der Waals surface area contributed by atoms with E-state index in [1.807, 2.05) is 51.1 Å². The molecule has 84 valence electrons. The number of carbonyl (C=O) groups is 1. The summed E-state index contributed by atoms with van der Waals surface area (Å²) >= 11 is 0. The molecule has 0 saturated carbocycles. The quantitative estimate of drug-likeness (QED) is 0.815. The summed E-state index contributed by atoms with van der Waals surface area (Å²) in [5, 5.41) is 0. The SMILES string of the molecule is CC.CCN(Cc1ccccc1)C(N)=O. The van der Waals surface area contributed by atoms with Gasteiger partial charge in [0.2, 0.25) is 0 Å². The molecule has 0 saturated heterocycles. The molecule has 1 rings (SSSR count). The molecule has 2 amide bonds. The molecule has 0 aromatic heterocycles. The van der Waals surface area contributed by atoms with Gasteiger partial charge in [-0.05, 0) is 12.5 Å². The molecule has 0 atom stereocenters. The summed E-state index contributed by atoms with van der Waals surface area (Å²) < 4.78 is 0. The minimum atomic E-state index is -0.369. The van der Waals surface area contributed by atoms with Gasteiger partial charge in [-0.1, -0.05) is 44.2 Å². The van der Waals surface area contributed by atoms with Gasteiger partial charge in [0, 0.05) is 13.1 Å². The van der Waals surface area contributed by atoms with Crippen molar-refractivity contribution in [2.24, 2.45) is 5.73 Å². The van der Waals surface area contributed by atoms with Crippen molar-refractivity contribution in [2.75, 3.05) is 6.54 Å². The Morgan fingerprint density at radius 1 is 1.27 bits per heavy atom. The molecule has 3 heteroatoms. The average Bonchev–Trinajstić information content (AvgIpc) is 2.29. The maximum absolute atomic E-state index is 10.9. The van der Waals surface area contributed by atoms with Crippen LogP contribution in [0.5, 0.6) is 0 Å². The first-order chi connectivity index (χ1) is 7.24. The lowest BCUT2D eigenvalue weighted by Gasteiger charge is -2.17. The molecule has 2 N–H and O–H groups in total. The van der Waals surface area contributed by atoms with Gasteiger partial charge in [0.15, 0.2) is 0 Å². The number of urea groups is 1. The number of hydrogen-bond acceptors (Lipinski definition) is 1. The lowest BCUT2D eigenvalue weighted by Crippen LogP contribution is -2.34. The molecule has 0 aliphatic rings. The van der Waals surface area contributed by atoms with Crippen LogP contribution in [0, 0.1) is 0 Å². The van der Waals surface area contributed by atoms with E-state index in [0.29, 0.717) is 13.1 Å². The van der Waals surface area contributed by atoms with Crippen molar-refractivity contribution in [1.82, 2.24) is 4.90 Å². The maximum atomic E-state index is 10.9. The number of nitrogens with two attached hydrogens (primary N) is 1. The van der Waals surface area contributed by atoms with Gasteiger partial charge in [-0.25, -0.2) is 4.79 Å². The van der Waals surface area contributed by atoms with E-state index >= 15 is 0 Å². The lowest BCUT2D eigenvalue weighted by molar-refractivity contribution is 0.208. The van der Waals surface area contributed by atoms with Gasteiger partial charge < -0.3 is 10.6 Å². The Bertz CT molecular complexity index is 272. The predicted molar refractivity (Wildman–Crippen MR) is 63.5 cm³/mol. The molecule has 0 aliphatic heterocycles. The summed E-state index contributed by atoms with van der Waals surface area (Å²) in [7, 11) is 0. The predicted octanol–water partition coefficient (Wildman–Crippen LogP) is 2.61. The van der Waals surface area contributed by atoms with Crippen molar-refractivity contribution in [2.45, 2.75) is 27.3 Å². The summed E-state index contributed by atoms with van der Waals surface area (Å²) in [5.74, 6) is 0.